The summed E-state index contributed by atoms with van der Waals surface area (Å²) in [7, 11) is 0. The van der Waals surface area contributed by atoms with Crippen molar-refractivity contribution in [3.63, 3.8) is 0 Å². The fraction of sp³-hybridized carbons (Fsp3) is 0.214. The fourth-order valence-electron chi connectivity index (χ4n) is 1.83. The highest BCUT2D eigenvalue weighted by atomic mass is 35.5. The van der Waals surface area contributed by atoms with Crippen molar-refractivity contribution in [1.29, 1.82) is 0 Å². The highest BCUT2D eigenvalue weighted by Crippen LogP contribution is 2.11. The average molecular weight is 293 g/mol. The number of rotatable bonds is 3. The van der Waals surface area contributed by atoms with E-state index in [2.05, 4.69) is 10.6 Å². The molecular weight excluding hydrogens is 280 g/mol. The fourth-order valence-corrected chi connectivity index (χ4v) is 2.03. The quantitative estimate of drug-likeness (QED) is 0.651. The minimum Gasteiger partial charge on any atom is -0.341 e. The van der Waals surface area contributed by atoms with Gasteiger partial charge in [0.15, 0.2) is 0 Å². The van der Waals surface area contributed by atoms with Crippen molar-refractivity contribution in [1.82, 2.24) is 10.6 Å². The van der Waals surface area contributed by atoms with E-state index in [0.29, 0.717) is 11.4 Å². The molecule has 1 aliphatic rings. The van der Waals surface area contributed by atoms with E-state index in [0.717, 1.165) is 5.56 Å². The Morgan fingerprint density at radius 3 is 2.90 bits per heavy atom. The van der Waals surface area contributed by atoms with Crippen LogP contribution in [0.25, 0.3) is 6.08 Å². The third kappa shape index (κ3) is 3.93. The van der Waals surface area contributed by atoms with Crippen LogP contribution >= 0.6 is 11.6 Å². The Balaban J connectivity index is 1.92. The maximum atomic E-state index is 11.7. The molecule has 1 aromatic carbocycles. The van der Waals surface area contributed by atoms with Gasteiger partial charge >= 0.3 is 0 Å². The molecule has 0 saturated carbocycles. The van der Waals surface area contributed by atoms with Crippen LogP contribution in [0, 0.1) is 0 Å². The lowest BCUT2D eigenvalue weighted by Gasteiger charge is -2.20. The smallest absolute Gasteiger partial charge is 0.249 e. The van der Waals surface area contributed by atoms with Gasteiger partial charge in [-0.1, -0.05) is 23.7 Å². The lowest BCUT2D eigenvalue weighted by Crippen LogP contribution is -2.51. The molecule has 5 nitrogen and oxygen atoms in total. The number of nitrogens with one attached hydrogen (secondary N) is 2. The van der Waals surface area contributed by atoms with Gasteiger partial charge in [-0.25, -0.2) is 0 Å². The van der Waals surface area contributed by atoms with Crippen molar-refractivity contribution in [2.45, 2.75) is 18.9 Å². The second-order valence-corrected chi connectivity index (χ2v) is 4.84. The van der Waals surface area contributed by atoms with Crippen LogP contribution in [0.2, 0.25) is 5.02 Å². The molecule has 6 heteroatoms. The summed E-state index contributed by atoms with van der Waals surface area (Å²) >= 11 is 5.83. The topological polar surface area (TPSA) is 75.3 Å². The van der Waals surface area contributed by atoms with Gasteiger partial charge in [0.05, 0.1) is 0 Å². The van der Waals surface area contributed by atoms with Crippen LogP contribution in [0.1, 0.15) is 18.4 Å². The summed E-state index contributed by atoms with van der Waals surface area (Å²) in [4.78, 5) is 34.1. The number of carbonyl (C=O) groups excluding carboxylic acids is 3. The molecule has 0 spiro atoms. The predicted octanol–water partition coefficient (Wildman–Crippen LogP) is 1.27. The van der Waals surface area contributed by atoms with Crippen molar-refractivity contribution in [3.05, 3.63) is 40.9 Å². The van der Waals surface area contributed by atoms with E-state index in [1.807, 2.05) is 6.07 Å². The summed E-state index contributed by atoms with van der Waals surface area (Å²) in [6, 6.07) is 6.38. The van der Waals surface area contributed by atoms with E-state index >= 15 is 0 Å². The van der Waals surface area contributed by atoms with Crippen LogP contribution in [-0.2, 0) is 14.4 Å². The Bertz CT molecular complexity index is 584. The number of imide groups is 1. The molecule has 1 fully saturated rings. The van der Waals surface area contributed by atoms with Crippen LogP contribution in [0.15, 0.2) is 30.3 Å². The second kappa shape index (κ2) is 6.34. The van der Waals surface area contributed by atoms with E-state index < -0.39 is 11.9 Å². The van der Waals surface area contributed by atoms with Crippen LogP contribution in [0.3, 0.4) is 0 Å². The predicted molar refractivity (Wildman–Crippen MR) is 74.8 cm³/mol. The molecule has 3 amide bonds. The first-order valence-corrected chi connectivity index (χ1v) is 6.50. The SMILES string of the molecule is O=C(C=Cc1cccc(Cl)c1)NC1CCC(=O)NC1=O. The van der Waals surface area contributed by atoms with Gasteiger partial charge in [0.1, 0.15) is 6.04 Å². The first kappa shape index (κ1) is 14.3. The van der Waals surface area contributed by atoms with Crippen LogP contribution in [-0.4, -0.2) is 23.8 Å². The van der Waals surface area contributed by atoms with Gasteiger partial charge in [-0.15, -0.1) is 0 Å². The molecule has 104 valence electrons. The molecule has 1 aromatic rings. The summed E-state index contributed by atoms with van der Waals surface area (Å²) in [5, 5.41) is 5.31. The molecular formula is C14H13ClN2O3. The summed E-state index contributed by atoms with van der Waals surface area (Å²) in [6.45, 7) is 0. The highest BCUT2D eigenvalue weighted by molar-refractivity contribution is 6.30. The van der Waals surface area contributed by atoms with E-state index in [1.165, 1.54) is 6.08 Å². The van der Waals surface area contributed by atoms with Gasteiger partial charge < -0.3 is 5.32 Å². The Morgan fingerprint density at radius 1 is 1.40 bits per heavy atom. The van der Waals surface area contributed by atoms with Crippen molar-refractivity contribution in [2.75, 3.05) is 0 Å². The van der Waals surface area contributed by atoms with Gasteiger partial charge in [-0.05, 0) is 30.2 Å². The molecule has 0 radical (unpaired) electrons. The monoisotopic (exact) mass is 292 g/mol. The molecule has 0 aliphatic carbocycles. The minimum atomic E-state index is -0.663. The van der Waals surface area contributed by atoms with Crippen molar-refractivity contribution in [2.24, 2.45) is 0 Å². The second-order valence-electron chi connectivity index (χ2n) is 4.40. The zero-order valence-electron chi connectivity index (χ0n) is 10.6. The van der Waals surface area contributed by atoms with E-state index in [-0.39, 0.29) is 18.2 Å². The maximum absolute atomic E-state index is 11.7. The Morgan fingerprint density at radius 2 is 2.20 bits per heavy atom. The van der Waals surface area contributed by atoms with E-state index in [1.54, 1.807) is 24.3 Å². The van der Waals surface area contributed by atoms with Crippen molar-refractivity contribution < 1.29 is 14.4 Å². The standard InChI is InChI=1S/C14H13ClN2O3/c15-10-3-1-2-9(8-10)4-6-12(18)16-11-5-7-13(19)17-14(11)20/h1-4,6,8,11H,5,7H2,(H,16,18)(H,17,19,20). The third-order valence-corrected chi connectivity index (χ3v) is 3.07. The first-order valence-electron chi connectivity index (χ1n) is 6.12. The van der Waals surface area contributed by atoms with Gasteiger partial charge in [-0.2, -0.15) is 0 Å². The Kier molecular flexibility index (Phi) is 4.53. The van der Waals surface area contributed by atoms with Crippen LogP contribution < -0.4 is 10.6 Å². The van der Waals surface area contributed by atoms with Gasteiger partial charge in [0, 0.05) is 17.5 Å². The normalized spacial score (nSPS) is 18.9. The van der Waals surface area contributed by atoms with Crippen molar-refractivity contribution in [3.8, 4) is 0 Å². The van der Waals surface area contributed by atoms with Crippen LogP contribution in [0.4, 0.5) is 0 Å². The molecule has 1 unspecified atom stereocenters. The third-order valence-electron chi connectivity index (χ3n) is 2.83. The largest absolute Gasteiger partial charge is 0.341 e. The highest BCUT2D eigenvalue weighted by Gasteiger charge is 2.27. The molecule has 2 rings (SSSR count). The van der Waals surface area contributed by atoms with Crippen molar-refractivity contribution >= 4 is 35.4 Å². The lowest BCUT2D eigenvalue weighted by molar-refractivity contribution is -0.136. The Labute approximate surface area is 121 Å². The van der Waals surface area contributed by atoms with Crippen LogP contribution in [0.5, 0.6) is 0 Å². The Hall–Kier alpha value is -2.14. The number of benzene rings is 1. The molecule has 1 heterocycles. The summed E-state index contributed by atoms with van der Waals surface area (Å²) in [6.07, 6.45) is 3.48. The minimum absolute atomic E-state index is 0.231. The molecule has 1 saturated heterocycles. The number of carbonyl (C=O) groups is 3. The number of hydrogen-bond donors (Lipinski definition) is 2. The first-order chi connectivity index (χ1) is 9.54. The summed E-state index contributed by atoms with van der Waals surface area (Å²) in [5.74, 6) is -1.17. The molecule has 2 N–H and O–H groups in total. The van der Waals surface area contributed by atoms with Gasteiger partial charge in [0.2, 0.25) is 17.7 Å². The van der Waals surface area contributed by atoms with E-state index in [9.17, 15) is 14.4 Å². The zero-order valence-corrected chi connectivity index (χ0v) is 11.3. The lowest BCUT2D eigenvalue weighted by atomic mass is 10.1. The zero-order chi connectivity index (χ0) is 14.5. The number of hydrogen-bond acceptors (Lipinski definition) is 3. The molecule has 20 heavy (non-hydrogen) atoms. The number of halogens is 1. The number of amides is 3. The van der Waals surface area contributed by atoms with Gasteiger partial charge in [0.25, 0.3) is 0 Å². The molecule has 1 aliphatic heterocycles. The molecule has 0 bridgehead atoms. The van der Waals surface area contributed by atoms with E-state index in [4.69, 9.17) is 11.6 Å². The molecule has 1 atom stereocenters. The average Bonchev–Trinajstić information content (AvgIpc) is 2.40. The van der Waals surface area contributed by atoms with Gasteiger partial charge in [-0.3, -0.25) is 19.7 Å². The summed E-state index contributed by atoms with van der Waals surface area (Å²) < 4.78 is 0. The maximum Gasteiger partial charge on any atom is 0.249 e. The summed E-state index contributed by atoms with van der Waals surface area (Å²) in [5.41, 5.74) is 0.788. The molecule has 0 aromatic heterocycles. The number of piperidine rings is 1.